The Morgan fingerprint density at radius 1 is 1.30 bits per heavy atom. The van der Waals surface area contributed by atoms with Crippen molar-refractivity contribution in [3.63, 3.8) is 0 Å². The second kappa shape index (κ2) is 5.96. The summed E-state index contributed by atoms with van der Waals surface area (Å²) in [5.74, 6) is 0.418. The Morgan fingerprint density at radius 3 is 2.55 bits per heavy atom. The molecule has 1 aromatic carbocycles. The molecule has 0 aromatic heterocycles. The fraction of sp³-hybridized carbons (Fsp3) is 0.588. The Morgan fingerprint density at radius 2 is 2.00 bits per heavy atom. The molecular weight excluding hydrogens is 250 g/mol. The van der Waals surface area contributed by atoms with Crippen LogP contribution in [0.5, 0.6) is 0 Å². The van der Waals surface area contributed by atoms with Crippen molar-refractivity contribution in [3.05, 3.63) is 35.9 Å². The highest BCUT2D eigenvalue weighted by molar-refractivity contribution is 5.78. The summed E-state index contributed by atoms with van der Waals surface area (Å²) < 4.78 is 5.85. The number of hydrogen-bond donors (Lipinski definition) is 0. The summed E-state index contributed by atoms with van der Waals surface area (Å²) in [5, 5.41) is 0. The number of piperidine rings is 3. The topological polar surface area (TPSA) is 29.5 Å². The highest BCUT2D eigenvalue weighted by atomic mass is 16.5. The quantitative estimate of drug-likeness (QED) is 0.790. The van der Waals surface area contributed by atoms with Crippen LogP contribution in [0.15, 0.2) is 30.3 Å². The number of ether oxygens (including phenoxy) is 1. The molecule has 2 bridgehead atoms. The lowest BCUT2D eigenvalue weighted by Gasteiger charge is -2.44. The van der Waals surface area contributed by atoms with Crippen LogP contribution in [0.2, 0.25) is 0 Å². The van der Waals surface area contributed by atoms with E-state index in [9.17, 15) is 4.79 Å². The molecule has 3 fully saturated rings. The Hall–Kier alpha value is -1.35. The Kier molecular flexibility index (Phi) is 4.06. The van der Waals surface area contributed by atoms with Crippen molar-refractivity contribution in [2.75, 3.05) is 19.6 Å². The van der Waals surface area contributed by atoms with Gasteiger partial charge < -0.3 is 4.74 Å². The lowest BCUT2D eigenvalue weighted by molar-refractivity contribution is -0.160. The lowest BCUT2D eigenvalue weighted by atomic mass is 9.85. The van der Waals surface area contributed by atoms with Gasteiger partial charge in [-0.2, -0.15) is 0 Å². The molecule has 20 heavy (non-hydrogen) atoms. The van der Waals surface area contributed by atoms with E-state index < -0.39 is 0 Å². The molecule has 3 heterocycles. The summed E-state index contributed by atoms with van der Waals surface area (Å²) in [7, 11) is 0. The van der Waals surface area contributed by atoms with Crippen LogP contribution < -0.4 is 0 Å². The Labute approximate surface area is 120 Å². The summed E-state index contributed by atoms with van der Waals surface area (Å²) in [6.07, 6.45) is 3.27. The third-order valence-corrected chi connectivity index (χ3v) is 4.76. The van der Waals surface area contributed by atoms with Gasteiger partial charge in [-0.05, 0) is 43.8 Å². The molecule has 4 rings (SSSR count). The molecule has 3 saturated heterocycles. The van der Waals surface area contributed by atoms with Crippen molar-refractivity contribution >= 4 is 5.97 Å². The van der Waals surface area contributed by atoms with Gasteiger partial charge in [0.1, 0.15) is 6.10 Å². The van der Waals surface area contributed by atoms with Crippen molar-refractivity contribution in [2.24, 2.45) is 5.92 Å². The van der Waals surface area contributed by atoms with E-state index >= 15 is 0 Å². The molecule has 0 spiro atoms. The molecule has 108 valence electrons. The van der Waals surface area contributed by atoms with Crippen LogP contribution in [0.25, 0.3) is 0 Å². The molecule has 0 radical (unpaired) electrons. The highest BCUT2D eigenvalue weighted by Gasteiger charge is 2.37. The largest absolute Gasteiger partial charge is 0.460 e. The van der Waals surface area contributed by atoms with E-state index in [-0.39, 0.29) is 18.0 Å². The summed E-state index contributed by atoms with van der Waals surface area (Å²) in [6.45, 7) is 5.33. The van der Waals surface area contributed by atoms with E-state index in [1.165, 1.54) is 25.9 Å². The average molecular weight is 273 g/mol. The van der Waals surface area contributed by atoms with Gasteiger partial charge in [0.15, 0.2) is 0 Å². The first-order valence-electron chi connectivity index (χ1n) is 7.75. The van der Waals surface area contributed by atoms with Gasteiger partial charge in [0.05, 0.1) is 5.92 Å². The average Bonchev–Trinajstić information content (AvgIpc) is 2.50. The zero-order chi connectivity index (χ0) is 13.9. The predicted molar refractivity (Wildman–Crippen MR) is 78.5 cm³/mol. The van der Waals surface area contributed by atoms with Gasteiger partial charge in [-0.15, -0.1) is 0 Å². The molecule has 0 amide bonds. The van der Waals surface area contributed by atoms with Gasteiger partial charge in [0.2, 0.25) is 0 Å². The fourth-order valence-electron chi connectivity index (χ4n) is 3.50. The van der Waals surface area contributed by atoms with Gasteiger partial charge in [0.25, 0.3) is 0 Å². The van der Waals surface area contributed by atoms with Gasteiger partial charge in [0, 0.05) is 6.54 Å². The summed E-state index contributed by atoms with van der Waals surface area (Å²) in [6, 6.07) is 9.99. The van der Waals surface area contributed by atoms with E-state index in [4.69, 9.17) is 4.74 Å². The molecule has 1 aromatic rings. The SMILES string of the molecule is CC[C@@H](C(=O)O[C@@H]1CN2CCC1CC2)c1ccccc1. The Bertz CT molecular complexity index is 451. The van der Waals surface area contributed by atoms with E-state index in [1.54, 1.807) is 0 Å². The number of hydrogen-bond acceptors (Lipinski definition) is 3. The van der Waals surface area contributed by atoms with E-state index in [1.807, 2.05) is 30.3 Å². The zero-order valence-corrected chi connectivity index (χ0v) is 12.1. The third kappa shape index (κ3) is 2.73. The molecule has 3 nitrogen and oxygen atoms in total. The first-order chi connectivity index (χ1) is 9.78. The zero-order valence-electron chi connectivity index (χ0n) is 12.1. The van der Waals surface area contributed by atoms with Crippen molar-refractivity contribution in [1.29, 1.82) is 0 Å². The normalized spacial score (nSPS) is 29.9. The molecule has 3 aliphatic heterocycles. The van der Waals surface area contributed by atoms with Crippen molar-refractivity contribution in [1.82, 2.24) is 4.90 Å². The van der Waals surface area contributed by atoms with Crippen molar-refractivity contribution in [3.8, 4) is 0 Å². The van der Waals surface area contributed by atoms with Crippen LogP contribution in [0.4, 0.5) is 0 Å². The number of nitrogens with zero attached hydrogens (tertiary/aromatic N) is 1. The number of rotatable bonds is 4. The maximum Gasteiger partial charge on any atom is 0.313 e. The van der Waals surface area contributed by atoms with Crippen LogP contribution in [0, 0.1) is 5.92 Å². The highest BCUT2D eigenvalue weighted by Crippen LogP contribution is 2.31. The molecule has 3 aliphatic rings. The number of esters is 1. The van der Waals surface area contributed by atoms with Crippen LogP contribution in [-0.2, 0) is 9.53 Å². The number of benzene rings is 1. The molecule has 0 saturated carbocycles. The standard InChI is InChI=1S/C17H23NO2/c1-2-15(13-6-4-3-5-7-13)17(19)20-16-12-18-10-8-14(16)9-11-18/h3-7,14-16H,2,8-12H2,1H3/t15-,16-/m1/s1. The van der Waals surface area contributed by atoms with Crippen LogP contribution in [-0.4, -0.2) is 36.6 Å². The lowest BCUT2D eigenvalue weighted by Crippen LogP contribution is -2.52. The second-order valence-corrected chi connectivity index (χ2v) is 5.98. The minimum Gasteiger partial charge on any atom is -0.460 e. The number of carbonyl (C=O) groups is 1. The van der Waals surface area contributed by atoms with Crippen molar-refractivity contribution < 1.29 is 9.53 Å². The smallest absolute Gasteiger partial charge is 0.313 e. The van der Waals surface area contributed by atoms with Gasteiger partial charge in [-0.1, -0.05) is 37.3 Å². The van der Waals surface area contributed by atoms with Crippen LogP contribution >= 0.6 is 0 Å². The number of fused-ring (bicyclic) bond motifs is 3. The summed E-state index contributed by atoms with van der Waals surface area (Å²) >= 11 is 0. The predicted octanol–water partition coefficient (Wildman–Crippen LogP) is 2.82. The summed E-state index contributed by atoms with van der Waals surface area (Å²) in [4.78, 5) is 14.9. The fourth-order valence-corrected chi connectivity index (χ4v) is 3.50. The second-order valence-electron chi connectivity index (χ2n) is 5.98. The van der Waals surface area contributed by atoms with E-state index in [2.05, 4.69) is 11.8 Å². The molecule has 0 unspecified atom stereocenters. The molecular formula is C17H23NO2. The first-order valence-corrected chi connectivity index (χ1v) is 7.75. The van der Waals surface area contributed by atoms with Crippen LogP contribution in [0.1, 0.15) is 37.7 Å². The minimum absolute atomic E-state index is 0.0440. The molecule has 0 aliphatic carbocycles. The van der Waals surface area contributed by atoms with E-state index in [0.717, 1.165) is 18.5 Å². The van der Waals surface area contributed by atoms with Crippen molar-refractivity contribution in [2.45, 2.75) is 38.2 Å². The maximum atomic E-state index is 12.5. The minimum atomic E-state index is -0.119. The molecule has 3 heteroatoms. The van der Waals surface area contributed by atoms with Crippen LogP contribution in [0.3, 0.4) is 0 Å². The third-order valence-electron chi connectivity index (χ3n) is 4.76. The Balaban J connectivity index is 1.66. The van der Waals surface area contributed by atoms with Gasteiger partial charge in [-0.3, -0.25) is 9.69 Å². The maximum absolute atomic E-state index is 12.5. The molecule has 2 atom stereocenters. The molecule has 0 N–H and O–H groups in total. The summed E-state index contributed by atoms with van der Waals surface area (Å²) in [5.41, 5.74) is 1.07. The first kappa shape index (κ1) is 13.6. The van der Waals surface area contributed by atoms with Gasteiger partial charge in [-0.25, -0.2) is 0 Å². The number of carbonyl (C=O) groups excluding carboxylic acids is 1. The van der Waals surface area contributed by atoms with E-state index in [0.29, 0.717) is 5.92 Å². The van der Waals surface area contributed by atoms with Gasteiger partial charge >= 0.3 is 5.97 Å². The monoisotopic (exact) mass is 273 g/mol.